The van der Waals surface area contributed by atoms with E-state index in [0.29, 0.717) is 16.9 Å². The first kappa shape index (κ1) is 24.1. The molecule has 1 saturated heterocycles. The molecule has 1 unspecified atom stereocenters. The van der Waals surface area contributed by atoms with Crippen LogP contribution in [0.2, 0.25) is 0 Å². The van der Waals surface area contributed by atoms with Crippen LogP contribution in [0.15, 0.2) is 46.7 Å². The number of amides is 2. The van der Waals surface area contributed by atoms with Crippen LogP contribution in [-0.2, 0) is 10.0 Å². The largest absolute Gasteiger partial charge is 0.330 e. The molecular formula is C21H18F4N4O3S2. The van der Waals surface area contributed by atoms with Gasteiger partial charge in [0.25, 0.3) is 0 Å². The van der Waals surface area contributed by atoms with Gasteiger partial charge in [0.05, 0.1) is 11.6 Å². The van der Waals surface area contributed by atoms with Crippen LogP contribution in [0, 0.1) is 24.5 Å². The van der Waals surface area contributed by atoms with Crippen molar-refractivity contribution in [3.63, 3.8) is 0 Å². The minimum Gasteiger partial charge on any atom is -0.293 e. The number of carbonyl (C=O) groups excluding carboxylic acids is 1. The van der Waals surface area contributed by atoms with Crippen LogP contribution in [0.25, 0.3) is 11.1 Å². The molecule has 4 rings (SSSR count). The lowest BCUT2D eigenvalue weighted by Crippen LogP contribution is -2.55. The average Bonchev–Trinajstić information content (AvgIpc) is 3.17. The van der Waals surface area contributed by atoms with E-state index in [-0.39, 0.29) is 39.4 Å². The Morgan fingerprint density at radius 3 is 2.32 bits per heavy atom. The van der Waals surface area contributed by atoms with E-state index < -0.39 is 40.0 Å². The molecule has 2 aromatic carbocycles. The van der Waals surface area contributed by atoms with Crippen molar-refractivity contribution >= 4 is 38.2 Å². The SMILES string of the molecule is Cc1nc(N2CC(C(F)F)CN(c3ccc(-c4cc(F)ccc4F)cc3)C2=O)sc1S(N)(=O)=O. The second-order valence-corrected chi connectivity index (χ2v) is 10.4. The van der Waals surface area contributed by atoms with Crippen molar-refractivity contribution in [1.29, 1.82) is 0 Å². The van der Waals surface area contributed by atoms with Gasteiger partial charge >= 0.3 is 6.03 Å². The maximum Gasteiger partial charge on any atom is 0.330 e. The first-order chi connectivity index (χ1) is 16.0. The van der Waals surface area contributed by atoms with E-state index in [2.05, 4.69) is 4.98 Å². The second-order valence-electron chi connectivity index (χ2n) is 7.68. The lowest BCUT2D eigenvalue weighted by atomic mass is 10.0. The molecule has 0 spiro atoms. The number of aromatic nitrogens is 1. The number of nitrogens with zero attached hydrogens (tertiary/aromatic N) is 3. The smallest absolute Gasteiger partial charge is 0.293 e. The Labute approximate surface area is 196 Å². The van der Waals surface area contributed by atoms with Gasteiger partial charge in [-0.1, -0.05) is 23.5 Å². The second kappa shape index (κ2) is 8.96. The first-order valence-electron chi connectivity index (χ1n) is 9.88. The van der Waals surface area contributed by atoms with Gasteiger partial charge in [-0.3, -0.25) is 9.80 Å². The third-order valence-corrected chi connectivity index (χ3v) is 8.04. The fraction of sp³-hybridized carbons (Fsp3) is 0.238. The van der Waals surface area contributed by atoms with Gasteiger partial charge in [-0.15, -0.1) is 0 Å². The molecular weight excluding hydrogens is 496 g/mol. The van der Waals surface area contributed by atoms with Crippen LogP contribution in [0.5, 0.6) is 0 Å². The Morgan fingerprint density at radius 1 is 1.09 bits per heavy atom. The van der Waals surface area contributed by atoms with E-state index in [1.54, 1.807) is 0 Å². The summed E-state index contributed by atoms with van der Waals surface area (Å²) in [6.45, 7) is 0.727. The summed E-state index contributed by atoms with van der Waals surface area (Å²) in [5.74, 6) is -2.52. The first-order valence-corrected chi connectivity index (χ1v) is 12.2. The van der Waals surface area contributed by atoms with Gasteiger partial charge in [-0.25, -0.2) is 40.9 Å². The zero-order chi connectivity index (χ0) is 24.8. The lowest BCUT2D eigenvalue weighted by molar-refractivity contribution is 0.0810. The Hall–Kier alpha value is -3.03. The Kier molecular flexibility index (Phi) is 6.36. The number of anilines is 2. The molecule has 180 valence electrons. The monoisotopic (exact) mass is 514 g/mol. The number of hydrogen-bond acceptors (Lipinski definition) is 5. The molecule has 13 heteroatoms. The van der Waals surface area contributed by atoms with Crippen molar-refractivity contribution in [2.45, 2.75) is 17.6 Å². The van der Waals surface area contributed by atoms with Gasteiger partial charge in [-0.2, -0.15) is 0 Å². The number of aryl methyl sites for hydroxylation is 1. The summed E-state index contributed by atoms with van der Waals surface area (Å²) >= 11 is 0.623. The summed E-state index contributed by atoms with van der Waals surface area (Å²) in [7, 11) is -4.10. The highest BCUT2D eigenvalue weighted by Crippen LogP contribution is 2.35. The van der Waals surface area contributed by atoms with Crippen LogP contribution < -0.4 is 14.9 Å². The van der Waals surface area contributed by atoms with Gasteiger partial charge in [0, 0.05) is 24.3 Å². The number of halogens is 4. The van der Waals surface area contributed by atoms with E-state index in [1.807, 2.05) is 0 Å². The van der Waals surface area contributed by atoms with Crippen molar-refractivity contribution in [3.8, 4) is 11.1 Å². The van der Waals surface area contributed by atoms with E-state index in [4.69, 9.17) is 5.14 Å². The zero-order valence-corrected chi connectivity index (χ0v) is 19.2. The predicted octanol–water partition coefficient (Wildman–Crippen LogP) is 4.37. The number of urea groups is 1. The van der Waals surface area contributed by atoms with Crippen molar-refractivity contribution in [2.75, 3.05) is 22.9 Å². The number of nitrogens with two attached hydrogens (primary N) is 1. The third kappa shape index (κ3) is 4.63. The highest BCUT2D eigenvalue weighted by atomic mass is 32.2. The standard InChI is InChI=1S/C21H18F4N4O3S2/c1-11-19(34(26,31)32)33-20(27-11)29-10-13(18(24)25)9-28(21(29)30)15-5-2-12(3-6-15)16-8-14(22)4-7-17(16)23/h2-8,13,18H,9-10H2,1H3,(H2,26,31,32). The summed E-state index contributed by atoms with van der Waals surface area (Å²) in [5.41, 5.74) is 0.654. The summed E-state index contributed by atoms with van der Waals surface area (Å²) in [5, 5.41) is 5.10. The Morgan fingerprint density at radius 2 is 1.74 bits per heavy atom. The molecule has 0 saturated carbocycles. The number of rotatable bonds is 5. The molecule has 2 heterocycles. The Balaban J connectivity index is 1.69. The van der Waals surface area contributed by atoms with Crippen LogP contribution in [0.3, 0.4) is 0 Å². The van der Waals surface area contributed by atoms with Crippen LogP contribution in [0.1, 0.15) is 5.69 Å². The minimum absolute atomic E-state index is 0.0115. The number of carbonyl (C=O) groups is 1. The molecule has 1 aromatic heterocycles. The number of alkyl halides is 2. The minimum atomic E-state index is -4.10. The van der Waals surface area contributed by atoms with Gasteiger partial charge in [-0.05, 0) is 42.8 Å². The Bertz CT molecular complexity index is 1350. The van der Waals surface area contributed by atoms with Crippen molar-refractivity contribution in [3.05, 3.63) is 59.8 Å². The number of thiazole rings is 1. The molecule has 7 nitrogen and oxygen atoms in total. The van der Waals surface area contributed by atoms with Gasteiger partial charge in [0.1, 0.15) is 11.6 Å². The maximum atomic E-state index is 14.1. The van der Waals surface area contributed by atoms with E-state index in [9.17, 15) is 30.8 Å². The molecule has 0 aliphatic carbocycles. The number of primary sulfonamides is 1. The van der Waals surface area contributed by atoms with Gasteiger partial charge in [0.15, 0.2) is 9.34 Å². The van der Waals surface area contributed by atoms with Crippen LogP contribution in [-0.4, -0.2) is 38.9 Å². The molecule has 3 aromatic rings. The summed E-state index contributed by atoms with van der Waals surface area (Å²) in [6, 6.07) is 8.09. The van der Waals surface area contributed by atoms with E-state index in [0.717, 1.165) is 28.0 Å². The fourth-order valence-corrected chi connectivity index (χ4v) is 5.60. The highest BCUT2D eigenvalue weighted by Gasteiger charge is 2.39. The number of hydrogen-bond donors (Lipinski definition) is 1. The third-order valence-electron chi connectivity index (χ3n) is 5.30. The molecule has 1 aliphatic rings. The maximum absolute atomic E-state index is 14.1. The molecule has 34 heavy (non-hydrogen) atoms. The van der Waals surface area contributed by atoms with E-state index >= 15 is 0 Å². The molecule has 2 N–H and O–H groups in total. The molecule has 1 atom stereocenters. The number of benzene rings is 2. The zero-order valence-electron chi connectivity index (χ0n) is 17.6. The summed E-state index contributed by atoms with van der Waals surface area (Å²) in [6.07, 6.45) is -2.77. The molecule has 1 aliphatic heterocycles. The molecule has 1 fully saturated rings. The number of sulfonamides is 1. The van der Waals surface area contributed by atoms with Crippen LogP contribution in [0.4, 0.5) is 33.2 Å². The lowest BCUT2D eigenvalue weighted by Gasteiger charge is -2.38. The molecule has 0 bridgehead atoms. The van der Waals surface area contributed by atoms with Crippen molar-refractivity contribution < 1.29 is 30.8 Å². The summed E-state index contributed by atoms with van der Waals surface area (Å²) in [4.78, 5) is 19.4. The summed E-state index contributed by atoms with van der Waals surface area (Å²) < 4.78 is 78.2. The predicted molar refractivity (Wildman–Crippen MR) is 120 cm³/mol. The van der Waals surface area contributed by atoms with Gasteiger partial charge < -0.3 is 0 Å². The van der Waals surface area contributed by atoms with E-state index in [1.165, 1.54) is 31.2 Å². The topological polar surface area (TPSA) is 96.6 Å². The normalized spacial score (nSPS) is 17.0. The fourth-order valence-electron chi connectivity index (χ4n) is 3.65. The quantitative estimate of drug-likeness (QED) is 0.512. The van der Waals surface area contributed by atoms with Crippen molar-refractivity contribution in [2.24, 2.45) is 11.1 Å². The highest BCUT2D eigenvalue weighted by molar-refractivity contribution is 7.91. The van der Waals surface area contributed by atoms with Gasteiger partial charge in [0.2, 0.25) is 16.4 Å². The van der Waals surface area contributed by atoms with Crippen molar-refractivity contribution in [1.82, 2.24) is 4.98 Å². The molecule has 2 amide bonds. The molecule has 0 radical (unpaired) electrons. The van der Waals surface area contributed by atoms with Crippen LogP contribution >= 0.6 is 11.3 Å². The average molecular weight is 515 g/mol.